The van der Waals surface area contributed by atoms with Gasteiger partial charge in [-0.15, -0.1) is 24.8 Å². The number of anilines is 1. The summed E-state index contributed by atoms with van der Waals surface area (Å²) in [6.45, 7) is 7.12. The molecule has 1 aromatic rings. The molecule has 7 heteroatoms. The topological polar surface area (TPSA) is 44.4 Å². The van der Waals surface area contributed by atoms with E-state index >= 15 is 0 Å². The smallest absolute Gasteiger partial charge is 0.223 e. The van der Waals surface area contributed by atoms with Crippen LogP contribution in [0, 0.1) is 24.2 Å². The molecular formula is C20H30Cl3N3O. The van der Waals surface area contributed by atoms with Gasteiger partial charge < -0.3 is 15.5 Å². The van der Waals surface area contributed by atoms with Crippen molar-refractivity contribution < 1.29 is 4.79 Å². The molecule has 152 valence electrons. The standard InChI is InChI=1S/C20H28ClN3O.2ClH/c1-14-2-3-16(21)10-18(14)24-9-4-15(13-24)12-23-19(25)17-11-20(17)5-7-22-8-6-20;;/h2-3,10,15,17,22H,4-9,11-13H2,1H3,(H,23,25);2*1H. The number of hydrogen-bond acceptors (Lipinski definition) is 3. The van der Waals surface area contributed by atoms with Gasteiger partial charge in [-0.05, 0) is 74.7 Å². The van der Waals surface area contributed by atoms with E-state index in [1.165, 1.54) is 11.3 Å². The molecule has 3 aliphatic rings. The van der Waals surface area contributed by atoms with Crippen molar-refractivity contribution in [3.8, 4) is 0 Å². The molecule has 0 aromatic heterocycles. The molecule has 2 N–H and O–H groups in total. The average Bonchev–Trinajstić information content (AvgIpc) is 3.09. The van der Waals surface area contributed by atoms with Crippen molar-refractivity contribution in [3.63, 3.8) is 0 Å². The van der Waals surface area contributed by atoms with Gasteiger partial charge in [0.25, 0.3) is 0 Å². The second kappa shape index (κ2) is 9.21. The minimum Gasteiger partial charge on any atom is -0.371 e. The third-order valence-electron chi connectivity index (χ3n) is 6.47. The van der Waals surface area contributed by atoms with Crippen LogP contribution in [0.1, 0.15) is 31.2 Å². The monoisotopic (exact) mass is 433 g/mol. The SMILES string of the molecule is Cc1ccc(Cl)cc1N1CCC(CNC(=O)C2CC23CCNCC3)C1.Cl.Cl. The normalized spacial score (nSPS) is 25.5. The van der Waals surface area contributed by atoms with Crippen LogP contribution in [0.4, 0.5) is 5.69 Å². The van der Waals surface area contributed by atoms with Crippen LogP contribution in [-0.4, -0.2) is 38.6 Å². The van der Waals surface area contributed by atoms with Crippen LogP contribution in [0.2, 0.25) is 5.02 Å². The molecule has 1 amide bonds. The van der Waals surface area contributed by atoms with E-state index < -0.39 is 0 Å². The minimum absolute atomic E-state index is 0. The van der Waals surface area contributed by atoms with E-state index in [1.54, 1.807) is 0 Å². The zero-order valence-electron chi connectivity index (χ0n) is 15.8. The number of nitrogens with zero attached hydrogens (tertiary/aromatic N) is 1. The summed E-state index contributed by atoms with van der Waals surface area (Å²) in [5, 5.41) is 7.43. The fourth-order valence-corrected chi connectivity index (χ4v) is 4.87. The van der Waals surface area contributed by atoms with Gasteiger partial charge in [0.05, 0.1) is 0 Å². The van der Waals surface area contributed by atoms with Gasteiger partial charge in [0.2, 0.25) is 5.91 Å². The lowest BCUT2D eigenvalue weighted by atomic mass is 9.91. The Balaban J connectivity index is 0.00000131. The average molecular weight is 435 g/mol. The molecule has 0 radical (unpaired) electrons. The number of nitrogens with one attached hydrogen (secondary N) is 2. The van der Waals surface area contributed by atoms with E-state index in [9.17, 15) is 4.79 Å². The van der Waals surface area contributed by atoms with Crippen molar-refractivity contribution in [1.29, 1.82) is 0 Å². The third kappa shape index (κ3) is 4.84. The number of halogens is 3. The number of benzene rings is 1. The lowest BCUT2D eigenvalue weighted by Gasteiger charge is -2.23. The number of amides is 1. The van der Waals surface area contributed by atoms with Crippen LogP contribution in [0.25, 0.3) is 0 Å². The number of aryl methyl sites for hydroxylation is 1. The molecule has 2 unspecified atom stereocenters. The van der Waals surface area contributed by atoms with Crippen molar-refractivity contribution in [2.45, 2.75) is 32.6 Å². The van der Waals surface area contributed by atoms with E-state index in [1.807, 2.05) is 6.07 Å². The predicted molar refractivity (Wildman–Crippen MR) is 117 cm³/mol. The summed E-state index contributed by atoms with van der Waals surface area (Å²) in [6.07, 6.45) is 4.55. The van der Waals surface area contributed by atoms with Gasteiger partial charge in [-0.2, -0.15) is 0 Å². The van der Waals surface area contributed by atoms with Crippen LogP contribution in [0.5, 0.6) is 0 Å². The number of rotatable bonds is 4. The van der Waals surface area contributed by atoms with Crippen molar-refractivity contribution in [1.82, 2.24) is 10.6 Å². The van der Waals surface area contributed by atoms with Crippen molar-refractivity contribution in [2.75, 3.05) is 37.6 Å². The Morgan fingerprint density at radius 1 is 1.33 bits per heavy atom. The molecule has 4 nitrogen and oxygen atoms in total. The van der Waals surface area contributed by atoms with Crippen molar-refractivity contribution >= 4 is 48.0 Å². The van der Waals surface area contributed by atoms with Gasteiger partial charge in [-0.25, -0.2) is 0 Å². The van der Waals surface area contributed by atoms with Crippen LogP contribution in [0.15, 0.2) is 18.2 Å². The summed E-state index contributed by atoms with van der Waals surface area (Å²) < 4.78 is 0. The van der Waals surface area contributed by atoms with Gasteiger partial charge in [0.15, 0.2) is 0 Å². The number of hydrogen-bond donors (Lipinski definition) is 2. The van der Waals surface area contributed by atoms with Gasteiger partial charge in [0, 0.05) is 36.3 Å². The van der Waals surface area contributed by atoms with Crippen molar-refractivity contribution in [3.05, 3.63) is 28.8 Å². The maximum Gasteiger partial charge on any atom is 0.223 e. The predicted octanol–water partition coefficient (Wildman–Crippen LogP) is 3.82. The fraction of sp³-hybridized carbons (Fsp3) is 0.650. The zero-order valence-corrected chi connectivity index (χ0v) is 18.2. The Bertz CT molecular complexity index is 664. The number of carbonyl (C=O) groups is 1. The second-order valence-corrected chi connectivity index (χ2v) is 8.58. The summed E-state index contributed by atoms with van der Waals surface area (Å²) in [7, 11) is 0. The molecule has 2 aliphatic heterocycles. The molecule has 4 rings (SSSR count). The molecule has 1 spiro atoms. The summed E-state index contributed by atoms with van der Waals surface area (Å²) in [6, 6.07) is 6.08. The molecule has 1 saturated carbocycles. The van der Waals surface area contributed by atoms with E-state index in [2.05, 4.69) is 34.6 Å². The van der Waals surface area contributed by atoms with Gasteiger partial charge in [-0.3, -0.25) is 4.79 Å². The Kier molecular flexibility index (Phi) is 7.71. The maximum atomic E-state index is 12.5. The highest BCUT2D eigenvalue weighted by molar-refractivity contribution is 6.30. The molecular weight excluding hydrogens is 405 g/mol. The Hall–Kier alpha value is -0.680. The lowest BCUT2D eigenvalue weighted by Crippen LogP contribution is -2.36. The molecule has 1 aliphatic carbocycles. The van der Waals surface area contributed by atoms with E-state index in [4.69, 9.17) is 11.6 Å². The summed E-state index contributed by atoms with van der Waals surface area (Å²) in [5.74, 6) is 1.09. The van der Waals surface area contributed by atoms with Crippen LogP contribution < -0.4 is 15.5 Å². The molecule has 0 bridgehead atoms. The zero-order chi connectivity index (χ0) is 17.4. The first-order valence-corrected chi connectivity index (χ1v) is 9.95. The Labute approximate surface area is 179 Å². The third-order valence-corrected chi connectivity index (χ3v) is 6.70. The van der Waals surface area contributed by atoms with Gasteiger partial charge >= 0.3 is 0 Å². The van der Waals surface area contributed by atoms with E-state index in [-0.39, 0.29) is 30.7 Å². The first-order chi connectivity index (χ1) is 12.1. The number of carbonyl (C=O) groups excluding carboxylic acids is 1. The first-order valence-electron chi connectivity index (χ1n) is 9.57. The highest BCUT2D eigenvalue weighted by Gasteiger charge is 2.57. The molecule has 1 aromatic carbocycles. The molecule has 2 atom stereocenters. The van der Waals surface area contributed by atoms with Crippen molar-refractivity contribution in [2.24, 2.45) is 17.3 Å². The molecule has 3 fully saturated rings. The summed E-state index contributed by atoms with van der Waals surface area (Å²) in [4.78, 5) is 14.9. The number of piperidine rings is 1. The Morgan fingerprint density at radius 3 is 2.81 bits per heavy atom. The van der Waals surface area contributed by atoms with E-state index in [0.29, 0.717) is 17.2 Å². The fourth-order valence-electron chi connectivity index (χ4n) is 4.71. The molecule has 27 heavy (non-hydrogen) atoms. The van der Waals surface area contributed by atoms with Crippen LogP contribution >= 0.6 is 36.4 Å². The van der Waals surface area contributed by atoms with Gasteiger partial charge in [0.1, 0.15) is 0 Å². The first kappa shape index (κ1) is 22.6. The molecule has 2 saturated heterocycles. The highest BCUT2D eigenvalue weighted by Crippen LogP contribution is 2.58. The largest absolute Gasteiger partial charge is 0.371 e. The lowest BCUT2D eigenvalue weighted by molar-refractivity contribution is -0.123. The summed E-state index contributed by atoms with van der Waals surface area (Å²) >= 11 is 6.16. The van der Waals surface area contributed by atoms with Crippen LogP contribution in [-0.2, 0) is 4.79 Å². The second-order valence-electron chi connectivity index (χ2n) is 8.15. The van der Waals surface area contributed by atoms with Gasteiger partial charge in [-0.1, -0.05) is 17.7 Å². The van der Waals surface area contributed by atoms with E-state index in [0.717, 1.165) is 63.4 Å². The summed E-state index contributed by atoms with van der Waals surface area (Å²) in [5.41, 5.74) is 2.83. The maximum absolute atomic E-state index is 12.5. The Morgan fingerprint density at radius 2 is 2.07 bits per heavy atom. The molecule has 2 heterocycles. The minimum atomic E-state index is 0. The quantitative estimate of drug-likeness (QED) is 0.757. The van der Waals surface area contributed by atoms with Crippen LogP contribution in [0.3, 0.4) is 0 Å². The highest BCUT2D eigenvalue weighted by atomic mass is 35.5.